The largest absolute Gasteiger partial charge is 0.508 e. The molecular formula is C15H15NO3. The Hall–Kier alpha value is -2.33. The zero-order valence-electron chi connectivity index (χ0n) is 10.3. The van der Waals surface area contributed by atoms with Crippen LogP contribution in [0.5, 0.6) is 5.75 Å². The fourth-order valence-corrected chi connectivity index (χ4v) is 1.70. The maximum Gasteiger partial charge on any atom is 0.251 e. The Balaban J connectivity index is 1.92. The lowest BCUT2D eigenvalue weighted by atomic mass is 10.1. The molecule has 0 aromatic heterocycles. The molecule has 4 heteroatoms. The van der Waals surface area contributed by atoms with E-state index in [4.69, 9.17) is 5.11 Å². The highest BCUT2D eigenvalue weighted by Gasteiger charge is 2.10. The number of carbonyl (C=O) groups excluding carboxylic acids is 1. The molecule has 2 rings (SSSR count). The molecule has 0 radical (unpaired) electrons. The first-order valence-corrected chi connectivity index (χ1v) is 5.97. The lowest BCUT2D eigenvalue weighted by Gasteiger charge is -2.12. The molecule has 2 aromatic rings. The molecule has 0 heterocycles. The first-order valence-electron chi connectivity index (χ1n) is 5.97. The molecule has 0 spiro atoms. The van der Waals surface area contributed by atoms with E-state index in [0.29, 0.717) is 5.56 Å². The van der Waals surface area contributed by atoms with Gasteiger partial charge in [-0.05, 0) is 29.8 Å². The smallest absolute Gasteiger partial charge is 0.251 e. The number of hydrogen-bond donors (Lipinski definition) is 3. The summed E-state index contributed by atoms with van der Waals surface area (Å²) in [5.74, 6) is -0.171. The number of nitrogens with one attached hydrogen (secondary N) is 1. The third kappa shape index (κ3) is 3.56. The van der Waals surface area contributed by atoms with Crippen LogP contribution in [0.2, 0.25) is 0 Å². The van der Waals surface area contributed by atoms with E-state index in [2.05, 4.69) is 5.32 Å². The molecule has 98 valence electrons. The van der Waals surface area contributed by atoms with Gasteiger partial charge in [0.05, 0.1) is 6.10 Å². The van der Waals surface area contributed by atoms with E-state index >= 15 is 0 Å². The maximum atomic E-state index is 11.8. The molecule has 0 saturated heterocycles. The van der Waals surface area contributed by atoms with Gasteiger partial charge in [-0.15, -0.1) is 0 Å². The highest BCUT2D eigenvalue weighted by Crippen LogP contribution is 2.12. The van der Waals surface area contributed by atoms with Gasteiger partial charge in [-0.2, -0.15) is 0 Å². The summed E-state index contributed by atoms with van der Waals surface area (Å²) in [6.45, 7) is 0.143. The number of phenolic OH excluding ortho intramolecular Hbond substituents is 1. The second-order valence-corrected chi connectivity index (χ2v) is 4.18. The average Bonchev–Trinajstić information content (AvgIpc) is 2.46. The fraction of sp³-hybridized carbons (Fsp3) is 0.133. The lowest BCUT2D eigenvalue weighted by molar-refractivity contribution is 0.0916. The minimum absolute atomic E-state index is 0.112. The van der Waals surface area contributed by atoms with Crippen molar-refractivity contribution in [1.29, 1.82) is 0 Å². The number of phenols is 1. The van der Waals surface area contributed by atoms with Crippen LogP contribution in [0, 0.1) is 0 Å². The standard InChI is InChI=1S/C15H15NO3/c17-13-8-6-12(7-9-13)15(19)16-10-14(18)11-4-2-1-3-5-11/h1-9,14,17-18H,10H2,(H,16,19). The second kappa shape index (κ2) is 6.02. The van der Waals surface area contributed by atoms with Crippen molar-refractivity contribution in [1.82, 2.24) is 5.32 Å². The average molecular weight is 257 g/mol. The van der Waals surface area contributed by atoms with Crippen LogP contribution in [-0.2, 0) is 0 Å². The quantitative estimate of drug-likeness (QED) is 0.783. The number of hydrogen-bond acceptors (Lipinski definition) is 3. The first-order chi connectivity index (χ1) is 9.16. The third-order valence-corrected chi connectivity index (χ3v) is 2.77. The zero-order valence-corrected chi connectivity index (χ0v) is 10.3. The number of amides is 1. The topological polar surface area (TPSA) is 69.6 Å². The number of rotatable bonds is 4. The summed E-state index contributed by atoms with van der Waals surface area (Å²) in [7, 11) is 0. The van der Waals surface area contributed by atoms with Crippen molar-refractivity contribution in [2.45, 2.75) is 6.10 Å². The van der Waals surface area contributed by atoms with Crippen LogP contribution in [-0.4, -0.2) is 22.7 Å². The fourth-order valence-electron chi connectivity index (χ4n) is 1.70. The van der Waals surface area contributed by atoms with Crippen LogP contribution in [0.3, 0.4) is 0 Å². The van der Waals surface area contributed by atoms with Gasteiger partial charge in [0.25, 0.3) is 5.91 Å². The van der Waals surface area contributed by atoms with Crippen LogP contribution in [0.15, 0.2) is 54.6 Å². The highest BCUT2D eigenvalue weighted by atomic mass is 16.3. The molecule has 3 N–H and O–H groups in total. The lowest BCUT2D eigenvalue weighted by Crippen LogP contribution is -2.28. The van der Waals surface area contributed by atoms with Crippen LogP contribution < -0.4 is 5.32 Å². The van der Waals surface area contributed by atoms with Gasteiger partial charge in [-0.1, -0.05) is 30.3 Å². The summed E-state index contributed by atoms with van der Waals surface area (Å²) >= 11 is 0. The molecule has 0 aliphatic heterocycles. The molecule has 0 aliphatic carbocycles. The minimum atomic E-state index is -0.734. The maximum absolute atomic E-state index is 11.8. The summed E-state index contributed by atoms with van der Waals surface area (Å²) in [4.78, 5) is 11.8. The molecule has 0 bridgehead atoms. The first kappa shape index (κ1) is 13.1. The second-order valence-electron chi connectivity index (χ2n) is 4.18. The summed E-state index contributed by atoms with van der Waals surface area (Å²) in [5, 5.41) is 21.7. The van der Waals surface area contributed by atoms with E-state index in [1.54, 1.807) is 12.1 Å². The van der Waals surface area contributed by atoms with Gasteiger partial charge in [0.1, 0.15) is 5.75 Å². The van der Waals surface area contributed by atoms with E-state index in [-0.39, 0.29) is 18.2 Å². The molecule has 0 saturated carbocycles. The Morgan fingerprint density at radius 1 is 1.05 bits per heavy atom. The van der Waals surface area contributed by atoms with E-state index in [0.717, 1.165) is 5.56 Å². The van der Waals surface area contributed by atoms with Crippen molar-refractivity contribution in [3.05, 3.63) is 65.7 Å². The van der Waals surface area contributed by atoms with E-state index < -0.39 is 6.10 Å². The zero-order chi connectivity index (χ0) is 13.7. The normalized spacial score (nSPS) is 11.8. The number of carbonyl (C=O) groups is 1. The third-order valence-electron chi connectivity index (χ3n) is 2.77. The van der Waals surface area contributed by atoms with Gasteiger partial charge in [-0.25, -0.2) is 0 Å². The van der Waals surface area contributed by atoms with Gasteiger partial charge in [-0.3, -0.25) is 4.79 Å². The Bertz CT molecular complexity index is 537. The molecule has 19 heavy (non-hydrogen) atoms. The van der Waals surface area contributed by atoms with Crippen LogP contribution in [0.4, 0.5) is 0 Å². The molecule has 0 aliphatic rings. The van der Waals surface area contributed by atoms with Gasteiger partial charge in [0.15, 0.2) is 0 Å². The molecule has 2 aromatic carbocycles. The van der Waals surface area contributed by atoms with Crippen molar-refractivity contribution >= 4 is 5.91 Å². The predicted octanol–water partition coefficient (Wildman–Crippen LogP) is 1.86. The van der Waals surface area contributed by atoms with E-state index in [1.165, 1.54) is 24.3 Å². The van der Waals surface area contributed by atoms with Crippen molar-refractivity contribution < 1.29 is 15.0 Å². The van der Waals surface area contributed by atoms with E-state index in [9.17, 15) is 9.90 Å². The number of aliphatic hydroxyl groups is 1. The summed E-state index contributed by atoms with van der Waals surface area (Å²) in [5.41, 5.74) is 1.20. The molecule has 4 nitrogen and oxygen atoms in total. The molecule has 0 fully saturated rings. The molecule has 1 unspecified atom stereocenters. The summed E-state index contributed by atoms with van der Waals surface area (Å²) in [6.07, 6.45) is -0.734. The molecule has 1 amide bonds. The van der Waals surface area contributed by atoms with Gasteiger partial charge < -0.3 is 15.5 Å². The Morgan fingerprint density at radius 3 is 2.32 bits per heavy atom. The number of benzene rings is 2. The van der Waals surface area contributed by atoms with Crippen LogP contribution >= 0.6 is 0 Å². The predicted molar refractivity (Wildman–Crippen MR) is 71.8 cm³/mol. The SMILES string of the molecule is O=C(NCC(O)c1ccccc1)c1ccc(O)cc1. The van der Waals surface area contributed by atoms with Gasteiger partial charge in [0.2, 0.25) is 0 Å². The number of aliphatic hydroxyl groups excluding tert-OH is 1. The molecular weight excluding hydrogens is 242 g/mol. The number of aromatic hydroxyl groups is 1. The highest BCUT2D eigenvalue weighted by molar-refractivity contribution is 5.94. The van der Waals surface area contributed by atoms with Crippen LogP contribution in [0.1, 0.15) is 22.0 Å². The van der Waals surface area contributed by atoms with Gasteiger partial charge >= 0.3 is 0 Å². The van der Waals surface area contributed by atoms with Crippen molar-refractivity contribution in [2.24, 2.45) is 0 Å². The molecule has 1 atom stereocenters. The Kier molecular flexibility index (Phi) is 4.15. The Morgan fingerprint density at radius 2 is 1.68 bits per heavy atom. The van der Waals surface area contributed by atoms with Crippen molar-refractivity contribution in [2.75, 3.05) is 6.54 Å². The minimum Gasteiger partial charge on any atom is -0.508 e. The summed E-state index contributed by atoms with van der Waals surface area (Å²) < 4.78 is 0. The van der Waals surface area contributed by atoms with Gasteiger partial charge in [0, 0.05) is 12.1 Å². The van der Waals surface area contributed by atoms with Crippen molar-refractivity contribution in [3.8, 4) is 5.75 Å². The Labute approximate surface area is 111 Å². The summed E-state index contributed by atoms with van der Waals surface area (Å²) in [6, 6.07) is 15.1. The van der Waals surface area contributed by atoms with Crippen molar-refractivity contribution in [3.63, 3.8) is 0 Å². The van der Waals surface area contributed by atoms with E-state index in [1.807, 2.05) is 18.2 Å². The van der Waals surface area contributed by atoms with Crippen LogP contribution in [0.25, 0.3) is 0 Å². The monoisotopic (exact) mass is 257 g/mol.